The molecule has 0 atom stereocenters. The predicted molar refractivity (Wildman–Crippen MR) is 213 cm³/mol. The molecule has 0 spiro atoms. The van der Waals surface area contributed by atoms with Crippen molar-refractivity contribution in [3.8, 4) is 0 Å². The van der Waals surface area contributed by atoms with Crippen molar-refractivity contribution in [1.82, 2.24) is 0 Å². The summed E-state index contributed by atoms with van der Waals surface area (Å²) in [5.41, 5.74) is 8.45. The van der Waals surface area contributed by atoms with Crippen LogP contribution in [0, 0.1) is 0 Å². The molecule has 0 bridgehead atoms. The Morgan fingerprint density at radius 3 is 2.21 bits per heavy atom. The van der Waals surface area contributed by atoms with E-state index in [1.54, 1.807) is 11.8 Å². The Kier molecular flexibility index (Phi) is 11.3. The number of benzene rings is 3. The Morgan fingerprint density at radius 2 is 1.50 bits per heavy atom. The van der Waals surface area contributed by atoms with Crippen molar-refractivity contribution >= 4 is 64.0 Å². The third kappa shape index (κ3) is 7.55. The molecule has 52 heavy (non-hydrogen) atoms. The molecule has 2 heterocycles. The van der Waals surface area contributed by atoms with E-state index in [9.17, 15) is 9.59 Å². The van der Waals surface area contributed by atoms with Crippen LogP contribution in [0.15, 0.2) is 118 Å². The molecule has 0 saturated carbocycles. The van der Waals surface area contributed by atoms with E-state index in [1.165, 1.54) is 35.2 Å². The molecule has 0 N–H and O–H groups in total. The van der Waals surface area contributed by atoms with Gasteiger partial charge in [0, 0.05) is 60.9 Å². The first-order chi connectivity index (χ1) is 24.8. The van der Waals surface area contributed by atoms with Crippen molar-refractivity contribution in [3.05, 3.63) is 134 Å². The number of thioether (sulfide) groups is 1. The molecule has 3 aromatic carbocycles. The summed E-state index contributed by atoms with van der Waals surface area (Å²) < 4.78 is 12.2. The molecule has 2 aliphatic heterocycles. The van der Waals surface area contributed by atoms with Crippen LogP contribution in [0.3, 0.4) is 0 Å². The fraction of sp³-hybridized carbons (Fsp3) is 0.326. The highest BCUT2D eigenvalue weighted by atomic mass is 35.5. The van der Waals surface area contributed by atoms with Crippen LogP contribution >= 0.6 is 35.0 Å². The van der Waals surface area contributed by atoms with Gasteiger partial charge >= 0.3 is 11.9 Å². The van der Waals surface area contributed by atoms with E-state index in [0.717, 1.165) is 46.8 Å². The summed E-state index contributed by atoms with van der Waals surface area (Å²) in [7, 11) is 2.85. The van der Waals surface area contributed by atoms with Crippen LogP contribution in [0.2, 0.25) is 10.0 Å². The Morgan fingerprint density at radius 1 is 0.827 bits per heavy atom. The van der Waals surface area contributed by atoms with Gasteiger partial charge in [0.05, 0.1) is 26.1 Å². The number of carbonyl (C=O) groups is 2. The number of hydrogen-bond acceptors (Lipinski definition) is 6. The molecule has 3 aliphatic rings. The quantitative estimate of drug-likeness (QED) is 0.143. The van der Waals surface area contributed by atoms with Crippen molar-refractivity contribution in [3.63, 3.8) is 0 Å². The Balaban J connectivity index is 1.42. The average molecular weight is 757 g/mol. The molecule has 1 aliphatic carbocycles. The van der Waals surface area contributed by atoms with E-state index in [2.05, 4.69) is 85.7 Å². The second-order valence-corrected chi connectivity index (χ2v) is 16.2. The number of nitrogens with zero attached hydrogens (tertiary/aromatic N) is 2. The van der Waals surface area contributed by atoms with E-state index in [0.29, 0.717) is 23.1 Å². The fourth-order valence-electron chi connectivity index (χ4n) is 7.50. The van der Waals surface area contributed by atoms with Gasteiger partial charge in [-0.15, -0.1) is 0 Å². The number of rotatable bonds is 11. The molecule has 3 aromatic rings. The van der Waals surface area contributed by atoms with Gasteiger partial charge in [-0.1, -0.05) is 79.2 Å². The highest BCUT2D eigenvalue weighted by Gasteiger charge is 2.45. The van der Waals surface area contributed by atoms with Crippen LogP contribution in [0.25, 0.3) is 0 Å². The third-order valence-electron chi connectivity index (χ3n) is 10.3. The number of methoxy groups -OCH3 is 2. The molecule has 0 saturated heterocycles. The molecular weight excluding hydrogens is 711 g/mol. The van der Waals surface area contributed by atoms with Gasteiger partial charge in [0.15, 0.2) is 12.3 Å². The molecule has 9 heteroatoms. The maximum atomic E-state index is 12.3. The van der Waals surface area contributed by atoms with Gasteiger partial charge in [-0.3, -0.25) is 9.59 Å². The first-order valence-electron chi connectivity index (χ1n) is 17.6. The average Bonchev–Trinajstić information content (AvgIpc) is 3.67. The highest BCUT2D eigenvalue weighted by Crippen LogP contribution is 2.50. The second kappa shape index (κ2) is 15.5. The summed E-state index contributed by atoms with van der Waals surface area (Å²) in [5, 5.41) is 1.38. The van der Waals surface area contributed by atoms with Crippen LogP contribution in [0.5, 0.6) is 0 Å². The molecule has 0 radical (unpaired) electrons. The summed E-state index contributed by atoms with van der Waals surface area (Å²) in [5.74, 6) is -0.485. The van der Waals surface area contributed by atoms with Gasteiger partial charge < -0.3 is 14.4 Å². The molecular formula is C43H45Cl2N2O4S+. The molecule has 0 aromatic heterocycles. The minimum Gasteiger partial charge on any atom is -0.469 e. The topological polar surface area (TPSA) is 58.8 Å². The van der Waals surface area contributed by atoms with E-state index in [4.69, 9.17) is 32.7 Å². The number of allylic oxidation sites excluding steroid dienone is 7. The smallest absolute Gasteiger partial charge is 0.311 e. The summed E-state index contributed by atoms with van der Waals surface area (Å²) >= 11 is 14.8. The van der Waals surface area contributed by atoms with Gasteiger partial charge in [-0.2, -0.15) is 4.58 Å². The third-order valence-corrected chi connectivity index (χ3v) is 12.0. The number of hydrogen-bond donors (Lipinski definition) is 0. The Labute approximate surface area is 321 Å². The van der Waals surface area contributed by atoms with Crippen LogP contribution in [0.4, 0.5) is 11.4 Å². The number of carbonyl (C=O) groups excluding carboxylic acids is 2. The highest BCUT2D eigenvalue weighted by molar-refractivity contribution is 8.03. The molecule has 270 valence electrons. The molecule has 0 amide bonds. The van der Waals surface area contributed by atoms with E-state index in [-0.39, 0.29) is 35.6 Å². The normalized spacial score (nSPS) is 18.9. The molecule has 6 nitrogen and oxygen atoms in total. The van der Waals surface area contributed by atoms with Gasteiger partial charge in [-0.05, 0) is 91.9 Å². The van der Waals surface area contributed by atoms with Crippen molar-refractivity contribution in [2.24, 2.45) is 0 Å². The van der Waals surface area contributed by atoms with Crippen LogP contribution < -0.4 is 4.90 Å². The monoisotopic (exact) mass is 755 g/mol. The van der Waals surface area contributed by atoms with Crippen LogP contribution in [-0.4, -0.2) is 49.5 Å². The number of anilines is 1. The molecule has 0 fully saturated rings. The number of ether oxygens (including phenoxy) is 2. The SMILES string of the molecule is COC(=O)CCN1/C(=C/C=C2\CCC(/C=C/C3=[N+](CCC(=O)OC)c4ccc(Cl)cc4C3(C)C)=C2Sc2ccccc2)C(C)(C)c2cc(Cl)ccc21. The summed E-state index contributed by atoms with van der Waals surface area (Å²) in [6.07, 6.45) is 11.3. The zero-order valence-electron chi connectivity index (χ0n) is 30.6. The maximum absolute atomic E-state index is 12.3. The van der Waals surface area contributed by atoms with E-state index < -0.39 is 0 Å². The zero-order chi connectivity index (χ0) is 37.2. The van der Waals surface area contributed by atoms with Crippen molar-refractivity contribution in [1.29, 1.82) is 0 Å². The van der Waals surface area contributed by atoms with Gasteiger partial charge in [0.1, 0.15) is 6.42 Å². The summed E-state index contributed by atoms with van der Waals surface area (Å²) in [6.45, 7) is 9.84. The number of halogens is 2. The van der Waals surface area contributed by atoms with Crippen molar-refractivity contribution in [2.45, 2.75) is 69.1 Å². The largest absolute Gasteiger partial charge is 0.469 e. The van der Waals surface area contributed by atoms with Crippen molar-refractivity contribution in [2.75, 3.05) is 32.2 Å². The first kappa shape index (κ1) is 37.7. The fourth-order valence-corrected chi connectivity index (χ4v) is 8.98. The maximum Gasteiger partial charge on any atom is 0.311 e. The predicted octanol–water partition coefficient (Wildman–Crippen LogP) is 10.5. The lowest BCUT2D eigenvalue weighted by atomic mass is 9.81. The summed E-state index contributed by atoms with van der Waals surface area (Å²) in [6, 6.07) is 22.4. The Hall–Kier alpha value is -4.04. The van der Waals surface area contributed by atoms with E-state index in [1.807, 2.05) is 42.5 Å². The van der Waals surface area contributed by atoms with Crippen LogP contribution in [0.1, 0.15) is 64.5 Å². The lowest BCUT2D eigenvalue weighted by Crippen LogP contribution is -2.28. The zero-order valence-corrected chi connectivity index (χ0v) is 32.9. The lowest BCUT2D eigenvalue weighted by Gasteiger charge is -2.26. The lowest BCUT2D eigenvalue weighted by molar-refractivity contribution is -0.436. The number of esters is 2. The second-order valence-electron chi connectivity index (χ2n) is 14.3. The standard InChI is InChI=1S/C43H45Cl2N2O4S/c1-42(2)33-26-30(44)16-18-35(33)46(24-22-39(48)50-5)37(42)20-14-28-12-13-29(41(28)52-32-10-8-7-9-11-32)15-21-38-43(3,4)34-27-31(45)17-19-36(34)47(38)25-23-40(49)51-6/h7-11,14-21,26-27H,12-13,22-25H2,1-6H3/q+1. The Bertz CT molecular complexity index is 2060. The first-order valence-corrected chi connectivity index (χ1v) is 19.1. The molecule has 6 rings (SSSR count). The summed E-state index contributed by atoms with van der Waals surface area (Å²) in [4.78, 5) is 29.1. The van der Waals surface area contributed by atoms with E-state index >= 15 is 0 Å². The minimum absolute atomic E-state index is 0.243. The van der Waals surface area contributed by atoms with Crippen LogP contribution in [-0.2, 0) is 29.9 Å². The van der Waals surface area contributed by atoms with Gasteiger partial charge in [0.2, 0.25) is 5.69 Å². The van der Waals surface area contributed by atoms with Gasteiger partial charge in [-0.25, -0.2) is 0 Å². The molecule has 0 unspecified atom stereocenters. The van der Waals surface area contributed by atoms with Crippen molar-refractivity contribution < 1.29 is 23.6 Å². The van der Waals surface area contributed by atoms with Gasteiger partial charge in [0.25, 0.3) is 0 Å². The minimum atomic E-state index is -0.332. The number of fused-ring (bicyclic) bond motifs is 2.